The molecule has 0 saturated heterocycles. The maximum absolute atomic E-state index is 12.2. The first-order chi connectivity index (χ1) is 11.9. The lowest BCUT2D eigenvalue weighted by Gasteiger charge is -2.16. The van der Waals surface area contributed by atoms with Gasteiger partial charge >= 0.3 is 0 Å². The fourth-order valence-electron chi connectivity index (χ4n) is 2.91. The molecule has 0 atom stereocenters. The van der Waals surface area contributed by atoms with E-state index in [0.29, 0.717) is 22.7 Å². The minimum Gasteiger partial charge on any atom is -0.355 e. The second kappa shape index (κ2) is 7.96. The minimum absolute atomic E-state index is 0.100. The fourth-order valence-corrected chi connectivity index (χ4v) is 3.02. The van der Waals surface area contributed by atoms with Gasteiger partial charge in [-0.1, -0.05) is 18.5 Å². The van der Waals surface area contributed by atoms with Gasteiger partial charge in [0.1, 0.15) is 5.15 Å². The molecule has 1 N–H and O–H groups in total. The summed E-state index contributed by atoms with van der Waals surface area (Å²) in [6, 6.07) is 9.46. The number of nitriles is 1. The van der Waals surface area contributed by atoms with Crippen LogP contribution in [-0.4, -0.2) is 17.9 Å². The number of nitrogens with one attached hydrogen (secondary N) is 1. The Morgan fingerprint density at radius 2 is 2.08 bits per heavy atom. The maximum atomic E-state index is 12.2. The molecule has 0 aliphatic rings. The average molecular weight is 354 g/mol. The Hall–Kier alpha value is -2.64. The third kappa shape index (κ3) is 3.89. The molecule has 0 aliphatic carbocycles. The maximum Gasteiger partial charge on any atom is 0.247 e. The van der Waals surface area contributed by atoms with Crippen LogP contribution in [0.15, 0.2) is 36.0 Å². The van der Waals surface area contributed by atoms with E-state index in [1.165, 1.54) is 0 Å². The van der Waals surface area contributed by atoms with Crippen LogP contribution in [0.5, 0.6) is 0 Å². The Morgan fingerprint density at radius 1 is 1.36 bits per heavy atom. The van der Waals surface area contributed by atoms with Crippen LogP contribution < -0.4 is 5.32 Å². The first kappa shape index (κ1) is 18.7. The van der Waals surface area contributed by atoms with Crippen molar-refractivity contribution in [2.45, 2.75) is 27.2 Å². The molecule has 1 amide bonds. The molecule has 0 bridgehead atoms. The molecule has 1 heterocycles. The number of carbonyl (C=O) groups is 1. The Kier molecular flexibility index (Phi) is 5.95. The van der Waals surface area contributed by atoms with Crippen molar-refractivity contribution in [2.75, 3.05) is 7.05 Å². The Balaban J connectivity index is 2.73. The van der Waals surface area contributed by atoms with Gasteiger partial charge < -0.3 is 5.32 Å². The van der Waals surface area contributed by atoms with Crippen molar-refractivity contribution in [3.05, 3.63) is 57.9 Å². The van der Waals surface area contributed by atoms with E-state index in [0.717, 1.165) is 27.8 Å². The van der Waals surface area contributed by atoms with Crippen LogP contribution in [0.1, 0.15) is 37.0 Å². The number of carbonyl (C=O) groups excluding carboxylic acids is 1. The van der Waals surface area contributed by atoms with Crippen LogP contribution in [0.25, 0.3) is 16.7 Å². The zero-order valence-electron chi connectivity index (χ0n) is 14.8. The molecule has 0 aliphatic heterocycles. The second-order valence-corrected chi connectivity index (χ2v) is 6.10. The van der Waals surface area contributed by atoms with E-state index < -0.39 is 0 Å². The van der Waals surface area contributed by atoms with Crippen molar-refractivity contribution >= 4 is 23.1 Å². The molecule has 5 heteroatoms. The molecule has 0 unspecified atom stereocenters. The van der Waals surface area contributed by atoms with Crippen LogP contribution in [-0.2, 0) is 4.79 Å². The third-order valence-electron chi connectivity index (χ3n) is 4.29. The van der Waals surface area contributed by atoms with Crippen molar-refractivity contribution < 1.29 is 4.79 Å². The van der Waals surface area contributed by atoms with Gasteiger partial charge in [-0.2, -0.15) is 5.26 Å². The van der Waals surface area contributed by atoms with Crippen LogP contribution in [0.4, 0.5) is 0 Å². The Bertz CT molecular complexity index is 877. The average Bonchev–Trinajstić information content (AvgIpc) is 2.63. The number of rotatable bonds is 4. The van der Waals surface area contributed by atoms with Crippen LogP contribution in [0.3, 0.4) is 0 Å². The monoisotopic (exact) mass is 353 g/mol. The largest absolute Gasteiger partial charge is 0.355 e. The van der Waals surface area contributed by atoms with Gasteiger partial charge in [-0.3, -0.25) is 4.79 Å². The van der Waals surface area contributed by atoms with Crippen molar-refractivity contribution in [1.82, 2.24) is 10.3 Å². The number of halogens is 1. The molecule has 2 rings (SSSR count). The van der Waals surface area contributed by atoms with E-state index in [9.17, 15) is 10.1 Å². The summed E-state index contributed by atoms with van der Waals surface area (Å²) in [5, 5.41) is 12.5. The van der Waals surface area contributed by atoms with E-state index in [1.807, 2.05) is 39.0 Å². The highest BCUT2D eigenvalue weighted by atomic mass is 35.5. The summed E-state index contributed by atoms with van der Waals surface area (Å²) in [6.45, 7) is 5.85. The van der Waals surface area contributed by atoms with E-state index in [2.05, 4.69) is 16.4 Å². The number of nitrogens with zero attached hydrogens (tertiary/aromatic N) is 2. The summed E-state index contributed by atoms with van der Waals surface area (Å²) < 4.78 is 0. The van der Waals surface area contributed by atoms with Crippen LogP contribution in [0.2, 0.25) is 5.15 Å². The van der Waals surface area contributed by atoms with Crippen LogP contribution in [0, 0.1) is 18.3 Å². The highest BCUT2D eigenvalue weighted by Gasteiger charge is 2.16. The SMILES string of the molecule is CC/C(C(=O)NC)=C(/C)c1cc(C#N)cc(-c2ccc(Cl)nc2)c1C. The Morgan fingerprint density at radius 3 is 2.60 bits per heavy atom. The normalized spacial score (nSPS) is 11.5. The highest BCUT2D eigenvalue weighted by Crippen LogP contribution is 2.32. The van der Waals surface area contributed by atoms with Gasteiger partial charge in [-0.25, -0.2) is 4.98 Å². The third-order valence-corrected chi connectivity index (χ3v) is 4.51. The van der Waals surface area contributed by atoms with Crippen LogP contribution >= 0.6 is 11.6 Å². The second-order valence-electron chi connectivity index (χ2n) is 5.71. The minimum atomic E-state index is -0.100. The number of amides is 1. The predicted octanol–water partition coefficient (Wildman–Crippen LogP) is 4.51. The summed E-state index contributed by atoms with van der Waals surface area (Å²) in [7, 11) is 1.62. The topological polar surface area (TPSA) is 65.8 Å². The number of benzene rings is 1. The van der Waals surface area contributed by atoms with Crippen molar-refractivity contribution in [1.29, 1.82) is 5.26 Å². The van der Waals surface area contributed by atoms with Gasteiger partial charge in [0.05, 0.1) is 11.6 Å². The molecule has 0 radical (unpaired) electrons. The molecule has 2 aromatic rings. The molecule has 0 spiro atoms. The predicted molar refractivity (Wildman–Crippen MR) is 101 cm³/mol. The summed E-state index contributed by atoms with van der Waals surface area (Å²) >= 11 is 5.88. The number of likely N-dealkylation sites (N-methyl/N-ethyl adjacent to an activating group) is 1. The van der Waals surface area contributed by atoms with Gasteiger partial charge in [0.25, 0.3) is 0 Å². The van der Waals surface area contributed by atoms with Gasteiger partial charge in [-0.05, 0) is 66.8 Å². The van der Waals surface area contributed by atoms with Crippen molar-refractivity contribution in [3.8, 4) is 17.2 Å². The number of hydrogen-bond donors (Lipinski definition) is 1. The summed E-state index contributed by atoms with van der Waals surface area (Å²) in [6.07, 6.45) is 2.30. The number of aromatic nitrogens is 1. The van der Waals surface area contributed by atoms with E-state index in [4.69, 9.17) is 11.6 Å². The number of hydrogen-bond acceptors (Lipinski definition) is 3. The lowest BCUT2D eigenvalue weighted by atomic mass is 9.89. The lowest BCUT2D eigenvalue weighted by molar-refractivity contribution is -0.117. The molecule has 1 aromatic carbocycles. The van der Waals surface area contributed by atoms with E-state index in [-0.39, 0.29) is 5.91 Å². The molecular weight excluding hydrogens is 334 g/mol. The zero-order chi connectivity index (χ0) is 18.6. The number of pyridine rings is 1. The molecule has 1 aromatic heterocycles. The highest BCUT2D eigenvalue weighted by molar-refractivity contribution is 6.29. The zero-order valence-corrected chi connectivity index (χ0v) is 15.5. The first-order valence-corrected chi connectivity index (χ1v) is 8.39. The first-order valence-electron chi connectivity index (χ1n) is 8.01. The Labute approximate surface area is 153 Å². The standard InChI is InChI=1S/C20H20ClN3O/c1-5-16(20(25)23-4)12(2)17-8-14(10-22)9-18(13(17)3)15-6-7-19(21)24-11-15/h6-9,11H,5H2,1-4H3,(H,23,25)/b16-12+. The molecule has 25 heavy (non-hydrogen) atoms. The van der Waals surface area contributed by atoms with Gasteiger partial charge in [0.2, 0.25) is 5.91 Å². The fraction of sp³-hybridized carbons (Fsp3) is 0.250. The van der Waals surface area contributed by atoms with E-state index in [1.54, 1.807) is 19.3 Å². The number of allylic oxidation sites excluding steroid dienone is 1. The van der Waals surface area contributed by atoms with Crippen molar-refractivity contribution in [3.63, 3.8) is 0 Å². The lowest BCUT2D eigenvalue weighted by Crippen LogP contribution is -2.20. The summed E-state index contributed by atoms with van der Waals surface area (Å²) in [4.78, 5) is 16.3. The molecule has 0 fully saturated rings. The van der Waals surface area contributed by atoms with Gasteiger partial charge in [0.15, 0.2) is 0 Å². The van der Waals surface area contributed by atoms with Gasteiger partial charge in [-0.15, -0.1) is 0 Å². The van der Waals surface area contributed by atoms with E-state index >= 15 is 0 Å². The molecule has 0 saturated carbocycles. The molecule has 4 nitrogen and oxygen atoms in total. The smallest absolute Gasteiger partial charge is 0.247 e. The van der Waals surface area contributed by atoms with Gasteiger partial charge in [0, 0.05) is 24.4 Å². The molecular formula is C20H20ClN3O. The quantitative estimate of drug-likeness (QED) is 0.649. The van der Waals surface area contributed by atoms with Crippen molar-refractivity contribution in [2.24, 2.45) is 0 Å². The summed E-state index contributed by atoms with van der Waals surface area (Å²) in [5.74, 6) is -0.100. The molecule has 128 valence electrons. The summed E-state index contributed by atoms with van der Waals surface area (Å²) in [5.41, 5.74) is 5.80.